The smallest absolute Gasteiger partial charge is 0.119 e. The van der Waals surface area contributed by atoms with Gasteiger partial charge in [-0.25, -0.2) is 0 Å². The standard InChI is InChI=1S/C25H33N3O/c1-4-13-27(14-5-1)15-7-17-29-20-10-11-21-22(18-20)25-9-6-16-28(25)19-23(21)24-8-2-3-12-26-24/h2-3,8,10-12,18,23,25H,1,4-7,9,13-17,19H2/t23-,25+/m1/s1. The van der Waals surface area contributed by atoms with Crippen LogP contribution in [0.25, 0.3) is 0 Å². The Morgan fingerprint density at radius 2 is 1.90 bits per heavy atom. The summed E-state index contributed by atoms with van der Waals surface area (Å²) in [4.78, 5) is 9.93. The third kappa shape index (κ3) is 4.19. The first-order valence-corrected chi connectivity index (χ1v) is 11.5. The SMILES string of the molecule is c1ccc([C@@H]2CN3CCC[C@H]3c3cc(OCCCN4CCCCC4)ccc32)nc1. The van der Waals surface area contributed by atoms with E-state index in [0.717, 1.165) is 25.3 Å². The highest BCUT2D eigenvalue weighted by Gasteiger charge is 2.37. The molecule has 4 heteroatoms. The van der Waals surface area contributed by atoms with Crippen molar-refractivity contribution in [2.24, 2.45) is 0 Å². The molecule has 0 N–H and O–H groups in total. The van der Waals surface area contributed by atoms with E-state index in [1.54, 1.807) is 0 Å². The zero-order chi connectivity index (χ0) is 19.5. The van der Waals surface area contributed by atoms with Gasteiger partial charge in [0.05, 0.1) is 6.61 Å². The van der Waals surface area contributed by atoms with Crippen LogP contribution in [-0.4, -0.2) is 54.1 Å². The molecule has 0 bridgehead atoms. The van der Waals surface area contributed by atoms with E-state index in [-0.39, 0.29) is 0 Å². The predicted molar refractivity (Wildman–Crippen MR) is 116 cm³/mol. The van der Waals surface area contributed by atoms with Crippen LogP contribution in [-0.2, 0) is 0 Å². The van der Waals surface area contributed by atoms with Crippen molar-refractivity contribution in [1.82, 2.24) is 14.8 Å². The Bertz CT molecular complexity index is 803. The second-order valence-corrected chi connectivity index (χ2v) is 8.86. The van der Waals surface area contributed by atoms with Crippen LogP contribution in [0.15, 0.2) is 42.6 Å². The van der Waals surface area contributed by atoms with Gasteiger partial charge in [0.2, 0.25) is 0 Å². The van der Waals surface area contributed by atoms with E-state index in [2.05, 4.69) is 45.1 Å². The summed E-state index contributed by atoms with van der Waals surface area (Å²) in [7, 11) is 0. The predicted octanol–water partition coefficient (Wildman–Crippen LogP) is 4.62. The quantitative estimate of drug-likeness (QED) is 0.672. The van der Waals surface area contributed by atoms with Crippen molar-refractivity contribution in [3.63, 3.8) is 0 Å². The summed E-state index contributed by atoms with van der Waals surface area (Å²) in [6.07, 6.45) is 9.72. The van der Waals surface area contributed by atoms with Crippen molar-refractivity contribution >= 4 is 0 Å². The Balaban J connectivity index is 1.29. The molecule has 2 aromatic rings. The Labute approximate surface area is 174 Å². The van der Waals surface area contributed by atoms with E-state index in [1.165, 1.54) is 75.1 Å². The number of rotatable bonds is 6. The highest BCUT2D eigenvalue weighted by Crippen LogP contribution is 2.44. The van der Waals surface area contributed by atoms with Crippen LogP contribution >= 0.6 is 0 Å². The Kier molecular flexibility index (Phi) is 5.82. The molecular formula is C25H33N3O. The molecule has 0 unspecified atom stereocenters. The summed E-state index contributed by atoms with van der Waals surface area (Å²) >= 11 is 0. The molecule has 0 spiro atoms. The summed E-state index contributed by atoms with van der Waals surface area (Å²) in [5.41, 5.74) is 4.11. The first kappa shape index (κ1) is 19.1. The summed E-state index contributed by atoms with van der Waals surface area (Å²) < 4.78 is 6.19. The minimum Gasteiger partial charge on any atom is -0.494 e. The minimum atomic E-state index is 0.369. The van der Waals surface area contributed by atoms with Crippen molar-refractivity contribution in [2.75, 3.05) is 39.3 Å². The van der Waals surface area contributed by atoms with E-state index in [1.807, 2.05) is 12.3 Å². The van der Waals surface area contributed by atoms with Crippen molar-refractivity contribution in [3.8, 4) is 5.75 Å². The fraction of sp³-hybridized carbons (Fsp3) is 0.560. The van der Waals surface area contributed by atoms with Gasteiger partial charge in [-0.15, -0.1) is 0 Å². The molecule has 0 saturated carbocycles. The first-order chi connectivity index (χ1) is 14.4. The summed E-state index contributed by atoms with van der Waals surface area (Å²) in [6.45, 7) is 6.81. The molecule has 0 aliphatic carbocycles. The van der Waals surface area contributed by atoms with Gasteiger partial charge in [0.15, 0.2) is 0 Å². The van der Waals surface area contributed by atoms with E-state index in [4.69, 9.17) is 4.74 Å². The molecule has 154 valence electrons. The van der Waals surface area contributed by atoms with Gasteiger partial charge in [-0.3, -0.25) is 9.88 Å². The van der Waals surface area contributed by atoms with Crippen LogP contribution in [0, 0.1) is 0 Å². The fourth-order valence-corrected chi connectivity index (χ4v) is 5.47. The van der Waals surface area contributed by atoms with Gasteiger partial charge < -0.3 is 9.64 Å². The number of hydrogen-bond donors (Lipinski definition) is 0. The monoisotopic (exact) mass is 391 g/mol. The number of piperidine rings is 1. The number of hydrogen-bond acceptors (Lipinski definition) is 4. The molecule has 3 aliphatic heterocycles. The number of benzene rings is 1. The molecule has 5 rings (SSSR count). The first-order valence-electron chi connectivity index (χ1n) is 11.5. The van der Waals surface area contributed by atoms with Crippen LogP contribution in [0.2, 0.25) is 0 Å². The van der Waals surface area contributed by atoms with E-state index < -0.39 is 0 Å². The molecule has 4 heterocycles. The van der Waals surface area contributed by atoms with Gasteiger partial charge in [-0.05, 0) is 87.1 Å². The maximum Gasteiger partial charge on any atom is 0.119 e. The molecule has 0 amide bonds. The largest absolute Gasteiger partial charge is 0.494 e. The molecule has 4 nitrogen and oxygen atoms in total. The fourth-order valence-electron chi connectivity index (χ4n) is 5.47. The van der Waals surface area contributed by atoms with Gasteiger partial charge in [-0.2, -0.15) is 0 Å². The maximum absolute atomic E-state index is 6.19. The normalized spacial score (nSPS) is 24.8. The van der Waals surface area contributed by atoms with Crippen LogP contribution in [0.5, 0.6) is 5.75 Å². The van der Waals surface area contributed by atoms with Gasteiger partial charge in [0.25, 0.3) is 0 Å². The third-order valence-corrected chi connectivity index (χ3v) is 6.95. The number of nitrogens with zero attached hydrogens (tertiary/aromatic N) is 3. The number of fused-ring (bicyclic) bond motifs is 3. The second kappa shape index (κ2) is 8.85. The second-order valence-electron chi connectivity index (χ2n) is 8.86. The highest BCUT2D eigenvalue weighted by molar-refractivity contribution is 5.45. The average Bonchev–Trinajstić information content (AvgIpc) is 3.26. The van der Waals surface area contributed by atoms with Crippen molar-refractivity contribution in [1.29, 1.82) is 0 Å². The molecule has 0 radical (unpaired) electrons. The molecule has 3 aliphatic rings. The lowest BCUT2D eigenvalue weighted by Crippen LogP contribution is -2.34. The lowest BCUT2D eigenvalue weighted by atomic mass is 9.83. The van der Waals surface area contributed by atoms with Crippen molar-refractivity contribution in [3.05, 3.63) is 59.4 Å². The van der Waals surface area contributed by atoms with E-state index in [9.17, 15) is 0 Å². The molecule has 2 atom stereocenters. The molecule has 29 heavy (non-hydrogen) atoms. The van der Waals surface area contributed by atoms with E-state index in [0.29, 0.717) is 12.0 Å². The van der Waals surface area contributed by atoms with Crippen molar-refractivity contribution in [2.45, 2.75) is 50.5 Å². The minimum absolute atomic E-state index is 0.369. The van der Waals surface area contributed by atoms with Gasteiger partial charge in [0.1, 0.15) is 5.75 Å². The molecule has 1 aromatic carbocycles. The molecule has 2 saturated heterocycles. The highest BCUT2D eigenvalue weighted by atomic mass is 16.5. The Hall–Kier alpha value is -1.91. The van der Waals surface area contributed by atoms with Crippen LogP contribution in [0.1, 0.15) is 67.3 Å². The number of likely N-dealkylation sites (tertiary alicyclic amines) is 1. The third-order valence-electron chi connectivity index (χ3n) is 6.95. The molecule has 2 fully saturated rings. The van der Waals surface area contributed by atoms with Crippen molar-refractivity contribution < 1.29 is 4.74 Å². The zero-order valence-electron chi connectivity index (χ0n) is 17.4. The van der Waals surface area contributed by atoms with Gasteiger partial charge >= 0.3 is 0 Å². The number of ether oxygens (including phenoxy) is 1. The van der Waals surface area contributed by atoms with Gasteiger partial charge in [-0.1, -0.05) is 18.6 Å². The van der Waals surface area contributed by atoms with Crippen LogP contribution in [0.3, 0.4) is 0 Å². The topological polar surface area (TPSA) is 28.6 Å². The summed E-state index contributed by atoms with van der Waals surface area (Å²) in [6, 6.07) is 13.7. The lowest BCUT2D eigenvalue weighted by Gasteiger charge is -2.37. The number of aromatic nitrogens is 1. The molecular weight excluding hydrogens is 358 g/mol. The van der Waals surface area contributed by atoms with E-state index >= 15 is 0 Å². The zero-order valence-corrected chi connectivity index (χ0v) is 17.4. The number of pyridine rings is 1. The lowest BCUT2D eigenvalue weighted by molar-refractivity contribution is 0.204. The summed E-state index contributed by atoms with van der Waals surface area (Å²) in [5, 5.41) is 0. The van der Waals surface area contributed by atoms with Gasteiger partial charge in [0, 0.05) is 36.9 Å². The molecule has 1 aromatic heterocycles. The van der Waals surface area contributed by atoms with Crippen LogP contribution in [0.4, 0.5) is 0 Å². The Morgan fingerprint density at radius 3 is 2.76 bits per heavy atom. The summed E-state index contributed by atoms with van der Waals surface area (Å²) in [5.74, 6) is 1.41. The maximum atomic E-state index is 6.19. The average molecular weight is 392 g/mol. The van der Waals surface area contributed by atoms with Crippen LogP contribution < -0.4 is 4.74 Å². The Morgan fingerprint density at radius 1 is 0.966 bits per heavy atom.